The van der Waals surface area contributed by atoms with Crippen LogP contribution < -0.4 is 9.64 Å². The predicted octanol–water partition coefficient (Wildman–Crippen LogP) is 4.61. The zero-order valence-electron chi connectivity index (χ0n) is 14.4. The van der Waals surface area contributed by atoms with Gasteiger partial charge in [-0.2, -0.15) is 5.26 Å². The van der Waals surface area contributed by atoms with Crippen molar-refractivity contribution in [2.24, 2.45) is 0 Å². The highest BCUT2D eigenvalue weighted by molar-refractivity contribution is 6.07. The Morgan fingerprint density at radius 1 is 0.923 bits per heavy atom. The van der Waals surface area contributed by atoms with Crippen LogP contribution >= 0.6 is 0 Å². The summed E-state index contributed by atoms with van der Waals surface area (Å²) < 4.78 is 5.41. The lowest BCUT2D eigenvalue weighted by molar-refractivity contribution is 0.0981. The summed E-state index contributed by atoms with van der Waals surface area (Å²) in [5, 5.41) is 9.93. The zero-order valence-corrected chi connectivity index (χ0v) is 14.4. The van der Waals surface area contributed by atoms with Gasteiger partial charge in [-0.05, 0) is 30.3 Å². The number of hydrogen-bond acceptors (Lipinski definition) is 3. The van der Waals surface area contributed by atoms with Gasteiger partial charge in [0, 0.05) is 16.8 Å². The number of amides is 1. The highest BCUT2D eigenvalue weighted by Crippen LogP contribution is 2.33. The Kier molecular flexibility index (Phi) is 5.31. The molecule has 0 aliphatic carbocycles. The van der Waals surface area contributed by atoms with Gasteiger partial charge in [-0.15, -0.1) is 0 Å². The number of para-hydroxylation sites is 2. The molecule has 1 amide bonds. The first kappa shape index (κ1) is 17.2. The Morgan fingerprint density at radius 3 is 2.12 bits per heavy atom. The van der Waals surface area contributed by atoms with Crippen LogP contribution in [0.5, 0.6) is 5.75 Å². The summed E-state index contributed by atoms with van der Waals surface area (Å²) in [6.45, 7) is 0. The van der Waals surface area contributed by atoms with Crippen molar-refractivity contribution in [2.75, 3.05) is 12.0 Å². The molecule has 0 bridgehead atoms. The van der Waals surface area contributed by atoms with Gasteiger partial charge in [0.05, 0.1) is 13.2 Å². The molecular weight excluding hydrogens is 324 g/mol. The van der Waals surface area contributed by atoms with Crippen molar-refractivity contribution in [3.63, 3.8) is 0 Å². The van der Waals surface area contributed by atoms with E-state index in [0.29, 0.717) is 22.6 Å². The summed E-state index contributed by atoms with van der Waals surface area (Å²) in [6, 6.07) is 26.9. The third kappa shape index (κ3) is 3.42. The number of ether oxygens (including phenoxy) is 1. The summed E-state index contributed by atoms with van der Waals surface area (Å²) in [6.07, 6.45) is 0. The second-order valence-corrected chi connectivity index (χ2v) is 5.65. The van der Waals surface area contributed by atoms with Gasteiger partial charge in [-0.25, -0.2) is 0 Å². The van der Waals surface area contributed by atoms with Crippen molar-refractivity contribution in [2.45, 2.75) is 6.04 Å². The lowest BCUT2D eigenvalue weighted by atomic mass is 10.0. The van der Waals surface area contributed by atoms with Crippen LogP contribution in [-0.2, 0) is 0 Å². The fraction of sp³-hybridized carbons (Fsp3) is 0.0909. The van der Waals surface area contributed by atoms with Crippen LogP contribution in [-0.4, -0.2) is 13.0 Å². The number of nitriles is 1. The molecule has 0 radical (unpaired) electrons. The molecular formula is C22H18N2O2. The largest absolute Gasteiger partial charge is 0.496 e. The van der Waals surface area contributed by atoms with Gasteiger partial charge in [0.15, 0.2) is 6.04 Å². The molecule has 0 saturated heterocycles. The van der Waals surface area contributed by atoms with Gasteiger partial charge < -0.3 is 4.74 Å². The van der Waals surface area contributed by atoms with Crippen LogP contribution in [0.1, 0.15) is 22.0 Å². The van der Waals surface area contributed by atoms with Crippen molar-refractivity contribution in [3.8, 4) is 11.8 Å². The van der Waals surface area contributed by atoms with E-state index in [-0.39, 0.29) is 5.91 Å². The van der Waals surface area contributed by atoms with Crippen LogP contribution in [0.15, 0.2) is 84.9 Å². The Labute approximate surface area is 152 Å². The molecule has 4 heteroatoms. The maximum Gasteiger partial charge on any atom is 0.259 e. The lowest BCUT2D eigenvalue weighted by Gasteiger charge is -2.28. The van der Waals surface area contributed by atoms with Crippen molar-refractivity contribution in [1.29, 1.82) is 5.26 Å². The maximum atomic E-state index is 13.3. The monoisotopic (exact) mass is 342 g/mol. The normalized spacial score (nSPS) is 11.2. The van der Waals surface area contributed by atoms with Crippen LogP contribution in [0.4, 0.5) is 5.69 Å². The first-order valence-corrected chi connectivity index (χ1v) is 8.22. The number of hydrogen-bond donors (Lipinski definition) is 0. The van der Waals surface area contributed by atoms with E-state index in [9.17, 15) is 10.1 Å². The van der Waals surface area contributed by atoms with E-state index in [1.54, 1.807) is 43.5 Å². The van der Waals surface area contributed by atoms with Crippen molar-refractivity contribution >= 4 is 11.6 Å². The van der Waals surface area contributed by atoms with E-state index in [1.807, 2.05) is 48.5 Å². The minimum atomic E-state index is -0.818. The molecule has 3 aromatic rings. The summed E-state index contributed by atoms with van der Waals surface area (Å²) in [5.74, 6) is 0.329. The predicted molar refractivity (Wildman–Crippen MR) is 101 cm³/mol. The molecule has 0 saturated carbocycles. The highest BCUT2D eigenvalue weighted by Gasteiger charge is 2.29. The van der Waals surface area contributed by atoms with Gasteiger partial charge in [0.25, 0.3) is 5.91 Å². The highest BCUT2D eigenvalue weighted by atomic mass is 16.5. The molecule has 1 atom stereocenters. The van der Waals surface area contributed by atoms with Crippen LogP contribution in [0.25, 0.3) is 0 Å². The van der Waals surface area contributed by atoms with E-state index in [0.717, 1.165) is 0 Å². The average molecular weight is 342 g/mol. The summed E-state index contributed by atoms with van der Waals surface area (Å²) >= 11 is 0. The van der Waals surface area contributed by atoms with Gasteiger partial charge >= 0.3 is 0 Å². The molecule has 0 N–H and O–H groups in total. The summed E-state index contributed by atoms with van der Waals surface area (Å²) in [5.41, 5.74) is 1.82. The van der Waals surface area contributed by atoms with Gasteiger partial charge in [-0.1, -0.05) is 54.6 Å². The molecule has 4 nitrogen and oxygen atoms in total. The zero-order chi connectivity index (χ0) is 18.4. The molecule has 0 spiro atoms. The molecule has 3 aromatic carbocycles. The van der Waals surface area contributed by atoms with Gasteiger partial charge in [0.1, 0.15) is 5.75 Å². The Balaban J connectivity index is 2.13. The number of benzene rings is 3. The molecule has 0 aromatic heterocycles. The molecule has 128 valence electrons. The fourth-order valence-electron chi connectivity index (χ4n) is 2.85. The minimum Gasteiger partial charge on any atom is -0.496 e. The number of rotatable bonds is 5. The van der Waals surface area contributed by atoms with Crippen molar-refractivity contribution < 1.29 is 9.53 Å². The lowest BCUT2D eigenvalue weighted by Crippen LogP contribution is -2.34. The van der Waals surface area contributed by atoms with Crippen molar-refractivity contribution in [3.05, 3.63) is 96.1 Å². The fourth-order valence-corrected chi connectivity index (χ4v) is 2.85. The maximum absolute atomic E-state index is 13.3. The quantitative estimate of drug-likeness (QED) is 0.680. The second-order valence-electron chi connectivity index (χ2n) is 5.65. The Hall–Kier alpha value is -3.58. The first-order valence-electron chi connectivity index (χ1n) is 8.22. The Morgan fingerprint density at radius 2 is 1.50 bits per heavy atom. The smallest absolute Gasteiger partial charge is 0.259 e. The molecule has 26 heavy (non-hydrogen) atoms. The van der Waals surface area contributed by atoms with E-state index in [2.05, 4.69) is 6.07 Å². The third-order valence-electron chi connectivity index (χ3n) is 4.09. The summed E-state index contributed by atoms with van der Waals surface area (Å²) in [7, 11) is 1.55. The third-order valence-corrected chi connectivity index (χ3v) is 4.09. The number of nitrogens with zero attached hydrogens (tertiary/aromatic N) is 2. The van der Waals surface area contributed by atoms with Crippen LogP contribution in [0, 0.1) is 11.3 Å². The topological polar surface area (TPSA) is 53.3 Å². The molecule has 0 fully saturated rings. The van der Waals surface area contributed by atoms with E-state index in [4.69, 9.17) is 4.74 Å². The summed E-state index contributed by atoms with van der Waals surface area (Å²) in [4.78, 5) is 14.8. The number of anilines is 1. The number of methoxy groups -OCH3 is 1. The van der Waals surface area contributed by atoms with Crippen molar-refractivity contribution in [1.82, 2.24) is 0 Å². The molecule has 0 aliphatic heterocycles. The number of carbonyl (C=O) groups excluding carboxylic acids is 1. The SMILES string of the molecule is COc1ccccc1[C@@H](C#N)N(C(=O)c1ccccc1)c1ccccc1. The Bertz CT molecular complexity index is 918. The van der Waals surface area contributed by atoms with Crippen LogP contribution in [0.2, 0.25) is 0 Å². The first-order chi connectivity index (χ1) is 12.8. The van der Waals surface area contributed by atoms with E-state index >= 15 is 0 Å². The van der Waals surface area contributed by atoms with E-state index < -0.39 is 6.04 Å². The average Bonchev–Trinajstić information content (AvgIpc) is 2.72. The molecule has 0 unspecified atom stereocenters. The van der Waals surface area contributed by atoms with Gasteiger partial charge in [0.2, 0.25) is 0 Å². The second kappa shape index (κ2) is 8.00. The molecule has 0 heterocycles. The van der Waals surface area contributed by atoms with Gasteiger partial charge in [-0.3, -0.25) is 9.69 Å². The standard InChI is InChI=1S/C22H18N2O2/c1-26-21-15-9-8-14-19(21)20(16-23)24(18-12-6-3-7-13-18)22(25)17-10-4-2-5-11-17/h2-15,20H,1H3/t20-/m1/s1. The van der Waals surface area contributed by atoms with E-state index in [1.165, 1.54) is 4.90 Å². The van der Waals surface area contributed by atoms with Crippen LogP contribution in [0.3, 0.4) is 0 Å². The minimum absolute atomic E-state index is 0.241. The number of carbonyl (C=O) groups is 1. The molecule has 0 aliphatic rings. The molecule has 3 rings (SSSR count).